The van der Waals surface area contributed by atoms with Gasteiger partial charge in [0.05, 0.1) is 17.2 Å². The van der Waals surface area contributed by atoms with Crippen molar-refractivity contribution >= 4 is 22.6 Å². The maximum absolute atomic E-state index is 4.58. The van der Waals surface area contributed by atoms with Gasteiger partial charge in [-0.3, -0.25) is 0 Å². The first-order valence-electron chi connectivity index (χ1n) is 4.67. The molecule has 0 aliphatic heterocycles. The molecule has 0 spiro atoms. The summed E-state index contributed by atoms with van der Waals surface area (Å²) in [5, 5.41) is 2.02. The number of aromatic nitrogens is 3. The van der Waals surface area contributed by atoms with Gasteiger partial charge in [0.1, 0.15) is 5.82 Å². The van der Waals surface area contributed by atoms with E-state index in [1.165, 1.54) is 11.5 Å². The zero-order valence-corrected chi connectivity index (χ0v) is 9.03. The fraction of sp³-hybridized carbons (Fsp3) is 0.0909. The molecule has 0 saturated carbocycles. The predicted octanol–water partition coefficient (Wildman–Crippen LogP) is 2.70. The Morgan fingerprint density at radius 1 is 1.27 bits per heavy atom. The maximum Gasteiger partial charge on any atom is 0.143 e. The molecule has 0 N–H and O–H groups in total. The molecule has 1 aromatic carbocycles. The fourth-order valence-corrected chi connectivity index (χ4v) is 2.23. The van der Waals surface area contributed by atoms with Crippen LogP contribution >= 0.6 is 11.5 Å². The third kappa shape index (κ3) is 1.26. The average molecular weight is 215 g/mol. The second kappa shape index (κ2) is 3.17. The van der Waals surface area contributed by atoms with E-state index in [0.29, 0.717) is 0 Å². The monoisotopic (exact) mass is 215 g/mol. The molecule has 2 heterocycles. The van der Waals surface area contributed by atoms with Crippen LogP contribution in [0.3, 0.4) is 0 Å². The lowest BCUT2D eigenvalue weighted by atomic mass is 10.3. The van der Waals surface area contributed by atoms with Gasteiger partial charge in [0.15, 0.2) is 0 Å². The van der Waals surface area contributed by atoms with E-state index >= 15 is 0 Å². The summed E-state index contributed by atoms with van der Waals surface area (Å²) in [6.07, 6.45) is 1.85. The average Bonchev–Trinajstić information content (AvgIpc) is 2.87. The molecule has 3 nitrogen and oxygen atoms in total. The zero-order chi connectivity index (χ0) is 10.3. The van der Waals surface area contributed by atoms with Crippen LogP contribution in [-0.2, 0) is 7.05 Å². The highest BCUT2D eigenvalue weighted by atomic mass is 32.1. The molecule has 4 heteroatoms. The minimum Gasteiger partial charge on any atom is -0.327 e. The summed E-state index contributed by atoms with van der Waals surface area (Å²) >= 11 is 1.45. The van der Waals surface area contributed by atoms with Crippen LogP contribution in [0.4, 0.5) is 0 Å². The number of hydrogen-bond acceptors (Lipinski definition) is 3. The molecule has 15 heavy (non-hydrogen) atoms. The van der Waals surface area contributed by atoms with Crippen LogP contribution in [0.1, 0.15) is 0 Å². The molecule has 3 rings (SSSR count). The molecule has 0 fully saturated rings. The molecule has 0 aliphatic rings. The molecule has 0 bridgehead atoms. The largest absolute Gasteiger partial charge is 0.327 e. The van der Waals surface area contributed by atoms with E-state index in [-0.39, 0.29) is 0 Å². The molecule has 0 radical (unpaired) electrons. The third-order valence-electron chi connectivity index (χ3n) is 2.48. The van der Waals surface area contributed by atoms with Gasteiger partial charge in [0, 0.05) is 18.0 Å². The van der Waals surface area contributed by atoms with E-state index in [1.807, 2.05) is 36.8 Å². The molecule has 0 unspecified atom stereocenters. The van der Waals surface area contributed by atoms with Crippen molar-refractivity contribution < 1.29 is 0 Å². The summed E-state index contributed by atoms with van der Waals surface area (Å²) in [5.74, 6) is 0.977. The minimum absolute atomic E-state index is 0.977. The Morgan fingerprint density at radius 3 is 2.87 bits per heavy atom. The highest BCUT2D eigenvalue weighted by Gasteiger charge is 2.09. The topological polar surface area (TPSA) is 30.7 Å². The lowest BCUT2D eigenvalue weighted by Crippen LogP contribution is -1.90. The molecule has 2 aromatic heterocycles. The molecule has 0 amide bonds. The Bertz CT molecular complexity index is 595. The summed E-state index contributed by atoms with van der Waals surface area (Å²) in [7, 11) is 2.03. The van der Waals surface area contributed by atoms with Crippen LogP contribution in [0.5, 0.6) is 0 Å². The van der Waals surface area contributed by atoms with Crippen molar-refractivity contribution in [2.24, 2.45) is 7.05 Å². The van der Waals surface area contributed by atoms with E-state index in [1.54, 1.807) is 0 Å². The second-order valence-corrected chi connectivity index (χ2v) is 4.05. The van der Waals surface area contributed by atoms with Gasteiger partial charge in [-0.05, 0) is 23.7 Å². The molecular formula is C11H9N3S. The smallest absolute Gasteiger partial charge is 0.143 e. The summed E-state index contributed by atoms with van der Waals surface area (Å²) in [5.41, 5.74) is 3.26. The Hall–Kier alpha value is -1.68. The Kier molecular flexibility index (Phi) is 1.82. The molecule has 74 valence electrons. The summed E-state index contributed by atoms with van der Waals surface area (Å²) in [4.78, 5) is 4.58. The number of rotatable bonds is 1. The van der Waals surface area contributed by atoms with E-state index in [4.69, 9.17) is 0 Å². The number of nitrogens with zero attached hydrogens (tertiary/aromatic N) is 3. The molecule has 0 saturated heterocycles. The van der Waals surface area contributed by atoms with E-state index in [9.17, 15) is 0 Å². The Morgan fingerprint density at radius 2 is 2.13 bits per heavy atom. The van der Waals surface area contributed by atoms with Gasteiger partial charge in [-0.1, -0.05) is 12.1 Å². The normalized spacial score (nSPS) is 11.0. The number of fused-ring (bicyclic) bond motifs is 1. The number of imidazole rings is 1. The first-order chi connectivity index (χ1) is 7.36. The van der Waals surface area contributed by atoms with Gasteiger partial charge >= 0.3 is 0 Å². The SMILES string of the molecule is Cn1c(-c2cnsc2)nc2ccccc21. The van der Waals surface area contributed by atoms with Crippen molar-refractivity contribution in [1.29, 1.82) is 0 Å². The summed E-state index contributed by atoms with van der Waals surface area (Å²) in [6, 6.07) is 8.13. The first-order valence-corrected chi connectivity index (χ1v) is 5.51. The Balaban J connectivity index is 2.33. The minimum atomic E-state index is 0.977. The van der Waals surface area contributed by atoms with Crippen LogP contribution < -0.4 is 0 Å². The van der Waals surface area contributed by atoms with Crippen LogP contribution in [-0.4, -0.2) is 13.9 Å². The summed E-state index contributed by atoms with van der Waals surface area (Å²) in [6.45, 7) is 0. The van der Waals surface area contributed by atoms with Crippen molar-refractivity contribution in [3.63, 3.8) is 0 Å². The standard InChI is InChI=1S/C11H9N3S/c1-14-10-5-3-2-4-9(10)13-11(14)8-6-12-15-7-8/h2-7H,1H3. The van der Waals surface area contributed by atoms with Gasteiger partial charge < -0.3 is 4.57 Å². The Labute approximate surface area is 91.2 Å². The van der Waals surface area contributed by atoms with E-state index < -0.39 is 0 Å². The van der Waals surface area contributed by atoms with Crippen molar-refractivity contribution in [3.05, 3.63) is 35.8 Å². The van der Waals surface area contributed by atoms with Crippen LogP contribution in [0.2, 0.25) is 0 Å². The van der Waals surface area contributed by atoms with Gasteiger partial charge in [-0.15, -0.1) is 0 Å². The lowest BCUT2D eigenvalue weighted by Gasteiger charge is -1.97. The van der Waals surface area contributed by atoms with Crippen molar-refractivity contribution in [2.45, 2.75) is 0 Å². The lowest BCUT2D eigenvalue weighted by molar-refractivity contribution is 0.960. The van der Waals surface area contributed by atoms with Gasteiger partial charge in [-0.25, -0.2) is 9.36 Å². The van der Waals surface area contributed by atoms with Crippen LogP contribution in [0.15, 0.2) is 35.8 Å². The number of para-hydroxylation sites is 2. The third-order valence-corrected chi connectivity index (χ3v) is 3.06. The quantitative estimate of drug-likeness (QED) is 0.625. The zero-order valence-electron chi connectivity index (χ0n) is 8.21. The molecule has 0 aliphatic carbocycles. The van der Waals surface area contributed by atoms with Gasteiger partial charge in [0.2, 0.25) is 0 Å². The van der Waals surface area contributed by atoms with Crippen molar-refractivity contribution in [2.75, 3.05) is 0 Å². The molecular weight excluding hydrogens is 206 g/mol. The molecule has 0 atom stereocenters. The number of aryl methyl sites for hydroxylation is 1. The van der Waals surface area contributed by atoms with Crippen molar-refractivity contribution in [3.8, 4) is 11.4 Å². The second-order valence-electron chi connectivity index (χ2n) is 3.40. The maximum atomic E-state index is 4.58. The highest BCUT2D eigenvalue weighted by Crippen LogP contribution is 2.23. The highest BCUT2D eigenvalue weighted by molar-refractivity contribution is 7.03. The number of hydrogen-bond donors (Lipinski definition) is 0. The fourth-order valence-electron chi connectivity index (χ4n) is 1.72. The number of benzene rings is 1. The van der Waals surface area contributed by atoms with Gasteiger partial charge in [-0.2, -0.15) is 0 Å². The predicted molar refractivity (Wildman–Crippen MR) is 61.8 cm³/mol. The summed E-state index contributed by atoms with van der Waals surface area (Å²) < 4.78 is 6.19. The van der Waals surface area contributed by atoms with Crippen molar-refractivity contribution in [1.82, 2.24) is 13.9 Å². The molecule has 3 aromatic rings. The van der Waals surface area contributed by atoms with E-state index in [2.05, 4.69) is 20.0 Å². The van der Waals surface area contributed by atoms with Crippen LogP contribution in [0, 0.1) is 0 Å². The van der Waals surface area contributed by atoms with Crippen LogP contribution in [0.25, 0.3) is 22.4 Å². The first kappa shape index (κ1) is 8.61. The van der Waals surface area contributed by atoms with E-state index in [0.717, 1.165) is 22.4 Å². The van der Waals surface area contributed by atoms with Gasteiger partial charge in [0.25, 0.3) is 0 Å².